The van der Waals surface area contributed by atoms with Crippen LogP contribution in [0.2, 0.25) is 0 Å². The fourth-order valence-corrected chi connectivity index (χ4v) is 4.09. The Hall–Kier alpha value is -3.16. The number of carbonyl (C=O) groups is 2. The molecule has 5 rings (SSSR count). The summed E-state index contributed by atoms with van der Waals surface area (Å²) in [5.41, 5.74) is 1.07. The number of carbonyl (C=O) groups excluding carboxylic acids is 2. The summed E-state index contributed by atoms with van der Waals surface area (Å²) in [6.07, 6.45) is 4.97. The van der Waals surface area contributed by atoms with Gasteiger partial charge in [-0.25, -0.2) is 9.37 Å². The molecule has 0 bridgehead atoms. The van der Waals surface area contributed by atoms with E-state index in [-0.39, 0.29) is 18.4 Å². The van der Waals surface area contributed by atoms with Crippen molar-refractivity contribution in [2.45, 2.75) is 38.3 Å². The average Bonchev–Trinajstić information content (AvgIpc) is 3.45. The topological polar surface area (TPSA) is 72.0 Å². The van der Waals surface area contributed by atoms with Crippen molar-refractivity contribution in [3.63, 3.8) is 0 Å². The molecule has 2 aromatic rings. The lowest BCUT2D eigenvalue weighted by Gasteiger charge is -2.18. The van der Waals surface area contributed by atoms with Crippen LogP contribution in [0.1, 0.15) is 41.6 Å². The van der Waals surface area contributed by atoms with E-state index >= 15 is 0 Å². The van der Waals surface area contributed by atoms with Crippen LogP contribution in [-0.2, 0) is 11.3 Å². The smallest absolute Gasteiger partial charge is 0.268 e. The van der Waals surface area contributed by atoms with Gasteiger partial charge < -0.3 is 19.3 Å². The molecular weight excluding hydrogens is 401 g/mol. The first kappa shape index (κ1) is 19.8. The number of fused-ring (bicyclic) bond motifs is 1. The molecule has 1 saturated carbocycles. The van der Waals surface area contributed by atoms with Gasteiger partial charge in [-0.3, -0.25) is 9.59 Å². The van der Waals surface area contributed by atoms with Crippen molar-refractivity contribution in [2.24, 2.45) is 5.92 Å². The molecule has 7 nitrogen and oxygen atoms in total. The molecule has 3 heterocycles. The predicted molar refractivity (Wildman–Crippen MR) is 111 cm³/mol. The number of pyridine rings is 1. The van der Waals surface area contributed by atoms with Gasteiger partial charge in [0.05, 0.1) is 12.8 Å². The molecule has 31 heavy (non-hydrogen) atoms. The number of hydrogen-bond acceptors (Lipinski definition) is 5. The van der Waals surface area contributed by atoms with E-state index in [2.05, 4.69) is 4.98 Å². The zero-order chi connectivity index (χ0) is 21.5. The van der Waals surface area contributed by atoms with Crippen molar-refractivity contribution >= 4 is 17.5 Å². The molecule has 0 spiro atoms. The Bertz CT molecular complexity index is 1020. The molecule has 162 valence electrons. The van der Waals surface area contributed by atoms with Crippen LogP contribution in [0.4, 0.5) is 10.1 Å². The second kappa shape index (κ2) is 7.83. The largest absolute Gasteiger partial charge is 0.479 e. The minimum atomic E-state index is -0.682. The number of aromatic nitrogens is 1. The molecule has 2 fully saturated rings. The average molecular weight is 425 g/mol. The maximum atomic E-state index is 14.5. The van der Waals surface area contributed by atoms with E-state index in [0.29, 0.717) is 48.0 Å². The number of rotatable bonds is 7. The summed E-state index contributed by atoms with van der Waals surface area (Å²) in [5.74, 6) is 0.854. The summed E-state index contributed by atoms with van der Waals surface area (Å²) in [6, 6.07) is 6.39. The lowest BCUT2D eigenvalue weighted by atomic mass is 10.1. The van der Waals surface area contributed by atoms with E-state index < -0.39 is 11.9 Å². The third-order valence-electron chi connectivity index (χ3n) is 6.08. The Morgan fingerprint density at radius 2 is 2.03 bits per heavy atom. The van der Waals surface area contributed by atoms with Gasteiger partial charge in [-0.15, -0.1) is 0 Å². The lowest BCUT2D eigenvalue weighted by Crippen LogP contribution is -2.32. The maximum absolute atomic E-state index is 14.5. The van der Waals surface area contributed by atoms with Crippen LogP contribution in [0.3, 0.4) is 0 Å². The molecule has 8 heteroatoms. The number of halogens is 1. The van der Waals surface area contributed by atoms with Crippen molar-refractivity contribution < 1.29 is 23.5 Å². The maximum Gasteiger partial charge on any atom is 0.268 e. The van der Waals surface area contributed by atoms with Gasteiger partial charge in [-0.1, -0.05) is 12.8 Å². The van der Waals surface area contributed by atoms with Crippen molar-refractivity contribution in [3.05, 3.63) is 47.4 Å². The highest BCUT2D eigenvalue weighted by molar-refractivity contribution is 6.02. The summed E-state index contributed by atoms with van der Waals surface area (Å²) in [7, 11) is 1.63. The number of amides is 2. The molecule has 3 aliphatic rings. The summed E-state index contributed by atoms with van der Waals surface area (Å²) < 4.78 is 26.0. The van der Waals surface area contributed by atoms with Crippen LogP contribution in [0.25, 0.3) is 0 Å². The van der Waals surface area contributed by atoms with Gasteiger partial charge in [0.2, 0.25) is 5.88 Å². The molecule has 1 aromatic carbocycles. The number of hydrogen-bond donors (Lipinski definition) is 0. The van der Waals surface area contributed by atoms with E-state index in [1.807, 2.05) is 0 Å². The van der Waals surface area contributed by atoms with Gasteiger partial charge >= 0.3 is 0 Å². The zero-order valence-electron chi connectivity index (χ0n) is 17.3. The van der Waals surface area contributed by atoms with Crippen LogP contribution < -0.4 is 14.4 Å². The molecule has 2 aliphatic heterocycles. The SMILES string of the molecule is CN1Cc2c(F)cc(N3CC[C@@H](Oc4ccc(OCCC5CC5)nc4)C3=O)cc2C1=O. The minimum absolute atomic E-state index is 0.235. The Morgan fingerprint density at radius 1 is 1.19 bits per heavy atom. The highest BCUT2D eigenvalue weighted by Gasteiger charge is 2.36. The highest BCUT2D eigenvalue weighted by Crippen LogP contribution is 2.33. The van der Waals surface area contributed by atoms with Crippen molar-refractivity contribution in [1.82, 2.24) is 9.88 Å². The van der Waals surface area contributed by atoms with Crippen LogP contribution >= 0.6 is 0 Å². The third kappa shape index (κ3) is 3.94. The molecule has 2 amide bonds. The van der Waals surface area contributed by atoms with Crippen molar-refractivity contribution in [2.75, 3.05) is 25.1 Å². The van der Waals surface area contributed by atoms with Crippen LogP contribution in [0.5, 0.6) is 11.6 Å². The van der Waals surface area contributed by atoms with Gasteiger partial charge in [0.1, 0.15) is 11.6 Å². The van der Waals surface area contributed by atoms with Gasteiger partial charge in [0.15, 0.2) is 6.10 Å². The summed E-state index contributed by atoms with van der Waals surface area (Å²) in [6.45, 7) is 1.29. The number of anilines is 1. The fraction of sp³-hybridized carbons (Fsp3) is 0.435. The molecule has 1 atom stereocenters. The Morgan fingerprint density at radius 3 is 2.77 bits per heavy atom. The second-order valence-corrected chi connectivity index (χ2v) is 8.41. The normalized spacial score (nSPS) is 20.4. The molecular formula is C23H24FN3O4. The van der Waals surface area contributed by atoms with E-state index in [1.54, 1.807) is 31.4 Å². The quantitative estimate of drug-likeness (QED) is 0.682. The first-order chi connectivity index (χ1) is 15.0. The zero-order valence-corrected chi connectivity index (χ0v) is 17.3. The Kier molecular flexibility index (Phi) is 5.00. The van der Waals surface area contributed by atoms with Gasteiger partial charge in [0, 0.05) is 49.4 Å². The monoisotopic (exact) mass is 425 g/mol. The predicted octanol–water partition coefficient (Wildman–Crippen LogP) is 3.17. The first-order valence-electron chi connectivity index (χ1n) is 10.6. The third-order valence-corrected chi connectivity index (χ3v) is 6.08. The molecule has 0 radical (unpaired) electrons. The van der Waals surface area contributed by atoms with Crippen molar-refractivity contribution in [1.29, 1.82) is 0 Å². The summed E-state index contributed by atoms with van der Waals surface area (Å²) >= 11 is 0. The minimum Gasteiger partial charge on any atom is -0.479 e. The summed E-state index contributed by atoms with van der Waals surface area (Å²) in [4.78, 5) is 32.3. The fourth-order valence-electron chi connectivity index (χ4n) is 4.09. The van der Waals surface area contributed by atoms with Gasteiger partial charge in [-0.05, 0) is 30.5 Å². The van der Waals surface area contributed by atoms with Crippen LogP contribution in [0.15, 0.2) is 30.5 Å². The van der Waals surface area contributed by atoms with E-state index in [4.69, 9.17) is 9.47 Å². The highest BCUT2D eigenvalue weighted by atomic mass is 19.1. The number of nitrogens with zero attached hydrogens (tertiary/aromatic N) is 3. The van der Waals surface area contributed by atoms with Gasteiger partial charge in [-0.2, -0.15) is 0 Å². The van der Waals surface area contributed by atoms with E-state index in [9.17, 15) is 14.0 Å². The van der Waals surface area contributed by atoms with Crippen LogP contribution in [-0.4, -0.2) is 48.0 Å². The lowest BCUT2D eigenvalue weighted by molar-refractivity contribution is -0.122. The summed E-state index contributed by atoms with van der Waals surface area (Å²) in [5, 5.41) is 0. The molecule has 0 unspecified atom stereocenters. The molecule has 1 saturated heterocycles. The first-order valence-corrected chi connectivity index (χ1v) is 10.6. The number of benzene rings is 1. The molecule has 1 aromatic heterocycles. The standard InChI is InChI=1S/C23H24FN3O4/c1-26-13-18-17(22(26)28)10-15(11-19(18)24)27-8-6-20(23(27)29)31-16-4-5-21(25-12-16)30-9-7-14-2-3-14/h4-5,10-12,14,20H,2-3,6-9,13H2,1H3/t20-/m1/s1. The Labute approximate surface area is 179 Å². The molecule has 1 aliphatic carbocycles. The van der Waals surface area contributed by atoms with Crippen LogP contribution in [0, 0.1) is 11.7 Å². The van der Waals surface area contributed by atoms with Crippen molar-refractivity contribution in [3.8, 4) is 11.6 Å². The second-order valence-electron chi connectivity index (χ2n) is 8.41. The molecule has 0 N–H and O–H groups in total. The van der Waals surface area contributed by atoms with Gasteiger partial charge in [0.25, 0.3) is 11.8 Å². The van der Waals surface area contributed by atoms with E-state index in [0.717, 1.165) is 12.3 Å². The number of ether oxygens (including phenoxy) is 2. The Balaban J connectivity index is 1.23. The van der Waals surface area contributed by atoms with E-state index in [1.165, 1.54) is 28.7 Å².